The van der Waals surface area contributed by atoms with Gasteiger partial charge in [-0.1, -0.05) is 63.0 Å². The van der Waals surface area contributed by atoms with Crippen LogP contribution in [0.15, 0.2) is 42.5 Å². The average molecular weight is 465 g/mol. The Balaban J connectivity index is 0.00000155. The fourth-order valence-electron chi connectivity index (χ4n) is 2.75. The second-order valence-electron chi connectivity index (χ2n) is 6.72. The molecule has 0 saturated heterocycles. The molecule has 1 N–H and O–H groups in total. The van der Waals surface area contributed by atoms with Crippen LogP contribution < -0.4 is 5.32 Å². The number of esters is 1. The highest BCUT2D eigenvalue weighted by Gasteiger charge is 2.16. The lowest BCUT2D eigenvalue weighted by molar-refractivity contribution is 0.0601. The van der Waals surface area contributed by atoms with Gasteiger partial charge in [0.1, 0.15) is 0 Å². The number of carbonyl (C=O) groups is 1. The lowest BCUT2D eigenvalue weighted by atomic mass is 10.0. The minimum atomic E-state index is -0.375. The monoisotopic (exact) mass is 464 g/mol. The molecule has 0 spiro atoms. The first kappa shape index (κ1) is 24.2. The van der Waals surface area contributed by atoms with Crippen molar-refractivity contribution in [3.63, 3.8) is 0 Å². The maximum absolute atomic E-state index is 11.8. The van der Waals surface area contributed by atoms with Crippen LogP contribution in [0.2, 0.25) is 10.0 Å². The summed E-state index contributed by atoms with van der Waals surface area (Å²) in [5.41, 5.74) is 3.08. The number of hydrogen-bond acceptors (Lipinski definition) is 5. The lowest BCUT2D eigenvalue weighted by Gasteiger charge is -2.06. The Morgan fingerprint density at radius 3 is 2.50 bits per heavy atom. The van der Waals surface area contributed by atoms with Gasteiger partial charge in [-0.3, -0.25) is 0 Å². The maximum Gasteiger partial charge on any atom is 0.337 e. The topological polar surface area (TPSA) is 51.2 Å². The summed E-state index contributed by atoms with van der Waals surface area (Å²) in [5, 5.41) is 5.06. The molecule has 1 aromatic heterocycles. The quantitative estimate of drug-likeness (QED) is 0.376. The highest BCUT2D eigenvalue weighted by molar-refractivity contribution is 7.16. The standard InChI is InChI=1S/C21H20Cl2N2O2S.C2H6/c1-12(2)9-18-19(13-7-8-16(22)17(23)11-13)25-21(28-18)24-15-6-4-5-14(10-15)20(26)27-3;1-2/h4-8,10-12H,9H2,1-3H3,(H,24,25);1-2H3. The largest absolute Gasteiger partial charge is 0.465 e. The molecule has 7 heteroatoms. The van der Waals surface area contributed by atoms with Gasteiger partial charge in [0.15, 0.2) is 5.13 Å². The summed E-state index contributed by atoms with van der Waals surface area (Å²) in [6.07, 6.45) is 0.900. The predicted molar refractivity (Wildman–Crippen MR) is 129 cm³/mol. The van der Waals surface area contributed by atoms with E-state index >= 15 is 0 Å². The summed E-state index contributed by atoms with van der Waals surface area (Å²) in [6.45, 7) is 8.34. The molecule has 0 unspecified atom stereocenters. The third-order valence-corrected chi connectivity index (χ3v) is 5.75. The van der Waals surface area contributed by atoms with Crippen LogP contribution >= 0.6 is 34.5 Å². The molecule has 0 amide bonds. The minimum Gasteiger partial charge on any atom is -0.465 e. The predicted octanol–water partition coefficient (Wildman–Crippen LogP) is 7.87. The van der Waals surface area contributed by atoms with Gasteiger partial charge in [0.25, 0.3) is 0 Å². The zero-order valence-corrected chi connectivity index (χ0v) is 20.1. The smallest absolute Gasteiger partial charge is 0.337 e. The molecule has 0 aliphatic carbocycles. The number of methoxy groups -OCH3 is 1. The molecule has 4 nitrogen and oxygen atoms in total. The number of hydrogen-bond donors (Lipinski definition) is 1. The number of rotatable bonds is 6. The van der Waals surface area contributed by atoms with E-state index in [9.17, 15) is 4.79 Å². The third kappa shape index (κ3) is 6.21. The number of ether oxygens (including phenoxy) is 1. The van der Waals surface area contributed by atoms with Crippen molar-refractivity contribution >= 4 is 51.3 Å². The number of aromatic nitrogens is 1. The zero-order chi connectivity index (χ0) is 22.3. The van der Waals surface area contributed by atoms with Crippen molar-refractivity contribution in [3.05, 3.63) is 63.0 Å². The lowest BCUT2D eigenvalue weighted by Crippen LogP contribution is -2.01. The SMILES string of the molecule is CC.COC(=O)c1cccc(Nc2nc(-c3ccc(Cl)c(Cl)c3)c(CC(C)C)s2)c1. The van der Waals surface area contributed by atoms with Gasteiger partial charge in [0.05, 0.1) is 28.4 Å². The van der Waals surface area contributed by atoms with Gasteiger partial charge in [0.2, 0.25) is 0 Å². The second kappa shape index (κ2) is 11.3. The summed E-state index contributed by atoms with van der Waals surface area (Å²) in [6, 6.07) is 12.7. The van der Waals surface area contributed by atoms with Gasteiger partial charge in [-0.05, 0) is 42.7 Å². The molecule has 0 radical (unpaired) electrons. The molecule has 0 aliphatic rings. The van der Waals surface area contributed by atoms with Gasteiger partial charge in [-0.2, -0.15) is 0 Å². The number of benzene rings is 2. The van der Waals surface area contributed by atoms with Gasteiger partial charge in [-0.15, -0.1) is 11.3 Å². The van der Waals surface area contributed by atoms with Gasteiger partial charge >= 0.3 is 5.97 Å². The summed E-state index contributed by atoms with van der Waals surface area (Å²) in [4.78, 5) is 17.7. The van der Waals surface area contributed by atoms with Crippen LogP contribution in [0, 0.1) is 5.92 Å². The molecule has 0 fully saturated rings. The summed E-state index contributed by atoms with van der Waals surface area (Å²) in [5.74, 6) is 0.109. The third-order valence-electron chi connectivity index (χ3n) is 4.02. The number of nitrogens with one attached hydrogen (secondary N) is 1. The summed E-state index contributed by atoms with van der Waals surface area (Å²) < 4.78 is 4.78. The Hall–Kier alpha value is -2.08. The Labute approximate surface area is 192 Å². The Morgan fingerprint density at radius 1 is 1.13 bits per heavy atom. The minimum absolute atomic E-state index is 0.375. The number of halogens is 2. The molecule has 3 aromatic rings. The molecule has 160 valence electrons. The van der Waals surface area contributed by atoms with Gasteiger partial charge in [0, 0.05) is 16.1 Å². The van der Waals surface area contributed by atoms with Gasteiger partial charge < -0.3 is 10.1 Å². The second-order valence-corrected chi connectivity index (χ2v) is 8.61. The maximum atomic E-state index is 11.8. The van der Waals surface area contributed by atoms with Crippen molar-refractivity contribution in [3.8, 4) is 11.3 Å². The number of anilines is 2. The van der Waals surface area contributed by atoms with E-state index in [1.54, 1.807) is 35.6 Å². The first-order valence-corrected chi connectivity index (χ1v) is 11.3. The molecule has 3 rings (SSSR count). The summed E-state index contributed by atoms with van der Waals surface area (Å²) >= 11 is 13.9. The van der Waals surface area contributed by atoms with Crippen LogP contribution in [0.1, 0.15) is 42.9 Å². The molecule has 30 heavy (non-hydrogen) atoms. The van der Waals surface area contributed by atoms with E-state index < -0.39 is 0 Å². The highest BCUT2D eigenvalue weighted by Crippen LogP contribution is 2.36. The number of nitrogens with zero attached hydrogens (tertiary/aromatic N) is 1. The Bertz CT molecular complexity index is 1000. The van der Waals surface area contributed by atoms with Crippen molar-refractivity contribution < 1.29 is 9.53 Å². The van der Waals surface area contributed by atoms with E-state index in [1.165, 1.54) is 12.0 Å². The van der Waals surface area contributed by atoms with E-state index in [1.807, 2.05) is 32.0 Å². The van der Waals surface area contributed by atoms with Gasteiger partial charge in [-0.25, -0.2) is 9.78 Å². The van der Waals surface area contributed by atoms with E-state index in [2.05, 4.69) is 19.2 Å². The molecular formula is C23H26Cl2N2O2S. The van der Waals surface area contributed by atoms with Crippen LogP contribution in [-0.4, -0.2) is 18.1 Å². The van der Waals surface area contributed by atoms with Crippen LogP contribution in [-0.2, 0) is 11.2 Å². The van der Waals surface area contributed by atoms with Crippen molar-refractivity contribution in [2.45, 2.75) is 34.1 Å². The van der Waals surface area contributed by atoms with E-state index in [0.717, 1.165) is 28.5 Å². The molecule has 0 atom stereocenters. The van der Waals surface area contributed by atoms with Crippen molar-refractivity contribution in [2.75, 3.05) is 12.4 Å². The summed E-state index contributed by atoms with van der Waals surface area (Å²) in [7, 11) is 1.37. The van der Waals surface area contributed by atoms with Crippen molar-refractivity contribution in [1.82, 2.24) is 4.98 Å². The first-order chi connectivity index (χ1) is 14.4. The molecule has 0 saturated carbocycles. The molecular weight excluding hydrogens is 439 g/mol. The van der Waals surface area contributed by atoms with Crippen LogP contribution in [0.5, 0.6) is 0 Å². The van der Waals surface area contributed by atoms with Crippen LogP contribution in [0.3, 0.4) is 0 Å². The van der Waals surface area contributed by atoms with Crippen molar-refractivity contribution in [2.24, 2.45) is 5.92 Å². The Morgan fingerprint density at radius 2 is 1.87 bits per heavy atom. The normalized spacial score (nSPS) is 10.4. The molecule has 0 aliphatic heterocycles. The molecule has 0 bridgehead atoms. The van der Waals surface area contributed by atoms with Crippen LogP contribution in [0.4, 0.5) is 10.8 Å². The molecule has 2 aromatic carbocycles. The van der Waals surface area contributed by atoms with E-state index in [0.29, 0.717) is 21.5 Å². The van der Waals surface area contributed by atoms with Crippen LogP contribution in [0.25, 0.3) is 11.3 Å². The highest BCUT2D eigenvalue weighted by atomic mass is 35.5. The van der Waals surface area contributed by atoms with Crippen molar-refractivity contribution in [1.29, 1.82) is 0 Å². The van der Waals surface area contributed by atoms with E-state index in [-0.39, 0.29) is 5.97 Å². The first-order valence-electron chi connectivity index (χ1n) is 9.78. The van der Waals surface area contributed by atoms with E-state index in [4.69, 9.17) is 32.9 Å². The fourth-order valence-corrected chi connectivity index (χ4v) is 4.26. The average Bonchev–Trinajstić information content (AvgIpc) is 3.12. The Kier molecular flexibility index (Phi) is 9.15. The number of thiazole rings is 1. The fraction of sp³-hybridized carbons (Fsp3) is 0.304. The zero-order valence-electron chi connectivity index (χ0n) is 17.8. The number of carbonyl (C=O) groups excluding carboxylic acids is 1. The molecule has 1 heterocycles.